The van der Waals surface area contributed by atoms with Crippen molar-refractivity contribution >= 4 is 38.6 Å². The van der Waals surface area contributed by atoms with Crippen LogP contribution in [-0.4, -0.2) is 14.6 Å². The van der Waals surface area contributed by atoms with E-state index in [4.69, 9.17) is 5.73 Å². The monoisotopic (exact) mass is 294 g/mol. The van der Waals surface area contributed by atoms with Crippen molar-refractivity contribution in [1.29, 1.82) is 0 Å². The van der Waals surface area contributed by atoms with Crippen molar-refractivity contribution in [2.24, 2.45) is 0 Å². The van der Waals surface area contributed by atoms with Crippen LogP contribution in [-0.2, 0) is 0 Å². The van der Waals surface area contributed by atoms with Crippen LogP contribution in [0.1, 0.15) is 0 Å². The second-order valence-corrected chi connectivity index (χ2v) is 5.10. The average molecular weight is 295 g/mol. The number of aromatic nitrogens is 3. The SMILES string of the molecule is Nc1cc(Br)c2nc(-c3cccs3)nn2c1. The average Bonchev–Trinajstić information content (AvgIpc) is 2.82. The molecule has 0 unspecified atom stereocenters. The van der Waals surface area contributed by atoms with Gasteiger partial charge in [-0.05, 0) is 33.4 Å². The molecular weight excluding hydrogens is 288 g/mol. The first-order valence-corrected chi connectivity index (χ1v) is 6.26. The first-order chi connectivity index (χ1) is 7.74. The first-order valence-electron chi connectivity index (χ1n) is 4.59. The van der Waals surface area contributed by atoms with Gasteiger partial charge in [-0.25, -0.2) is 9.50 Å². The second-order valence-electron chi connectivity index (χ2n) is 3.30. The van der Waals surface area contributed by atoms with E-state index in [9.17, 15) is 0 Å². The summed E-state index contributed by atoms with van der Waals surface area (Å²) < 4.78 is 2.54. The maximum absolute atomic E-state index is 5.74. The van der Waals surface area contributed by atoms with Crippen LogP contribution < -0.4 is 5.73 Å². The van der Waals surface area contributed by atoms with Crippen molar-refractivity contribution < 1.29 is 0 Å². The lowest BCUT2D eigenvalue weighted by Crippen LogP contribution is -1.92. The highest BCUT2D eigenvalue weighted by molar-refractivity contribution is 9.10. The van der Waals surface area contributed by atoms with E-state index in [2.05, 4.69) is 26.0 Å². The molecule has 0 saturated carbocycles. The zero-order valence-corrected chi connectivity index (χ0v) is 10.5. The Morgan fingerprint density at radius 2 is 2.31 bits per heavy atom. The van der Waals surface area contributed by atoms with Crippen molar-refractivity contribution in [2.75, 3.05) is 5.73 Å². The summed E-state index contributed by atoms with van der Waals surface area (Å²) in [6, 6.07) is 5.80. The summed E-state index contributed by atoms with van der Waals surface area (Å²) in [4.78, 5) is 5.51. The van der Waals surface area contributed by atoms with Gasteiger partial charge in [0.15, 0.2) is 11.5 Å². The summed E-state index contributed by atoms with van der Waals surface area (Å²) in [5, 5.41) is 6.39. The highest BCUT2D eigenvalue weighted by Gasteiger charge is 2.09. The molecule has 0 spiro atoms. The van der Waals surface area contributed by atoms with Crippen molar-refractivity contribution in [3.8, 4) is 10.7 Å². The summed E-state index contributed by atoms with van der Waals surface area (Å²) in [5.74, 6) is 0.723. The molecule has 4 nitrogen and oxygen atoms in total. The van der Waals surface area contributed by atoms with Crippen LogP contribution >= 0.6 is 27.3 Å². The third-order valence-corrected chi connectivity index (χ3v) is 3.60. The van der Waals surface area contributed by atoms with Crippen LogP contribution in [0.4, 0.5) is 5.69 Å². The van der Waals surface area contributed by atoms with Crippen LogP contribution in [0.15, 0.2) is 34.2 Å². The van der Waals surface area contributed by atoms with Gasteiger partial charge >= 0.3 is 0 Å². The smallest absolute Gasteiger partial charge is 0.192 e. The summed E-state index contributed by atoms with van der Waals surface area (Å²) in [6.07, 6.45) is 1.75. The predicted octanol–water partition coefficient (Wildman–Crippen LogP) is 2.80. The van der Waals surface area contributed by atoms with E-state index in [1.807, 2.05) is 23.6 Å². The molecule has 0 fully saturated rings. The number of nitrogens with two attached hydrogens (primary N) is 1. The third-order valence-electron chi connectivity index (χ3n) is 2.15. The number of thiophene rings is 1. The Hall–Kier alpha value is -1.40. The Bertz CT molecular complexity index is 644. The maximum atomic E-state index is 5.74. The van der Waals surface area contributed by atoms with Crippen LogP contribution in [0.3, 0.4) is 0 Å². The Morgan fingerprint density at radius 1 is 1.44 bits per heavy atom. The van der Waals surface area contributed by atoms with Crippen LogP contribution in [0.25, 0.3) is 16.3 Å². The highest BCUT2D eigenvalue weighted by atomic mass is 79.9. The Labute approximate surface area is 104 Å². The Kier molecular flexibility index (Phi) is 2.19. The van der Waals surface area contributed by atoms with E-state index >= 15 is 0 Å². The number of hydrogen-bond acceptors (Lipinski definition) is 4. The number of fused-ring (bicyclic) bond motifs is 1. The molecule has 0 aliphatic rings. The fourth-order valence-corrected chi connectivity index (χ4v) is 2.66. The lowest BCUT2D eigenvalue weighted by molar-refractivity contribution is 0.967. The summed E-state index contributed by atoms with van der Waals surface area (Å²) in [6.45, 7) is 0. The minimum absolute atomic E-state index is 0.655. The molecule has 0 saturated heterocycles. The molecule has 3 heterocycles. The standard InChI is InChI=1S/C10H7BrN4S/c11-7-4-6(12)5-15-10(7)13-9(14-15)8-2-1-3-16-8/h1-5H,12H2. The summed E-state index contributed by atoms with van der Waals surface area (Å²) >= 11 is 5.04. The molecule has 0 aromatic carbocycles. The molecule has 6 heteroatoms. The predicted molar refractivity (Wildman–Crippen MR) is 68.4 cm³/mol. The fraction of sp³-hybridized carbons (Fsp3) is 0. The third kappa shape index (κ3) is 1.50. The first kappa shape index (κ1) is 9.80. The van der Waals surface area contributed by atoms with Gasteiger partial charge < -0.3 is 5.73 Å². The number of anilines is 1. The quantitative estimate of drug-likeness (QED) is 0.751. The van der Waals surface area contributed by atoms with Crippen molar-refractivity contribution in [3.05, 3.63) is 34.2 Å². The second kappa shape index (κ2) is 3.57. The van der Waals surface area contributed by atoms with E-state index in [1.54, 1.807) is 22.0 Å². The zero-order valence-electron chi connectivity index (χ0n) is 8.09. The van der Waals surface area contributed by atoms with Gasteiger partial charge in [-0.1, -0.05) is 6.07 Å². The van der Waals surface area contributed by atoms with Crippen molar-refractivity contribution in [2.45, 2.75) is 0 Å². The minimum Gasteiger partial charge on any atom is -0.397 e. The molecule has 0 bridgehead atoms. The lowest BCUT2D eigenvalue weighted by atomic mass is 10.4. The van der Waals surface area contributed by atoms with Gasteiger partial charge in [0.1, 0.15) is 0 Å². The Morgan fingerprint density at radius 3 is 3.06 bits per heavy atom. The normalized spacial score (nSPS) is 11.1. The molecule has 3 rings (SSSR count). The molecule has 0 radical (unpaired) electrons. The van der Waals surface area contributed by atoms with Crippen molar-refractivity contribution in [3.63, 3.8) is 0 Å². The van der Waals surface area contributed by atoms with Gasteiger partial charge in [0, 0.05) is 0 Å². The molecule has 3 aromatic rings. The van der Waals surface area contributed by atoms with Gasteiger partial charge in [0.05, 0.1) is 21.2 Å². The van der Waals surface area contributed by atoms with E-state index in [-0.39, 0.29) is 0 Å². The van der Waals surface area contributed by atoms with E-state index in [0.717, 1.165) is 20.8 Å². The fourth-order valence-electron chi connectivity index (χ4n) is 1.48. The molecule has 16 heavy (non-hydrogen) atoms. The largest absolute Gasteiger partial charge is 0.397 e. The summed E-state index contributed by atoms with van der Waals surface area (Å²) in [5.41, 5.74) is 7.17. The van der Waals surface area contributed by atoms with E-state index in [1.165, 1.54) is 0 Å². The molecule has 0 aliphatic heterocycles. The molecule has 0 atom stereocenters. The van der Waals surface area contributed by atoms with Crippen LogP contribution in [0.5, 0.6) is 0 Å². The highest BCUT2D eigenvalue weighted by Crippen LogP contribution is 2.25. The number of pyridine rings is 1. The van der Waals surface area contributed by atoms with Gasteiger partial charge in [0.25, 0.3) is 0 Å². The molecule has 80 valence electrons. The van der Waals surface area contributed by atoms with Gasteiger partial charge in [-0.2, -0.15) is 0 Å². The Balaban J connectivity index is 2.27. The lowest BCUT2D eigenvalue weighted by Gasteiger charge is -1.96. The molecule has 0 aliphatic carbocycles. The number of rotatable bonds is 1. The summed E-state index contributed by atoms with van der Waals surface area (Å²) in [7, 11) is 0. The number of hydrogen-bond donors (Lipinski definition) is 1. The van der Waals surface area contributed by atoms with Crippen molar-refractivity contribution in [1.82, 2.24) is 14.6 Å². The maximum Gasteiger partial charge on any atom is 0.192 e. The van der Waals surface area contributed by atoms with Gasteiger partial charge in [0.2, 0.25) is 0 Å². The molecular formula is C10H7BrN4S. The zero-order chi connectivity index (χ0) is 11.1. The topological polar surface area (TPSA) is 56.2 Å². The van der Waals surface area contributed by atoms with Gasteiger partial charge in [-0.3, -0.25) is 0 Å². The number of nitrogen functional groups attached to an aromatic ring is 1. The van der Waals surface area contributed by atoms with E-state index < -0.39 is 0 Å². The van der Waals surface area contributed by atoms with Crippen LogP contribution in [0, 0.1) is 0 Å². The molecule has 2 N–H and O–H groups in total. The minimum atomic E-state index is 0.655. The van der Waals surface area contributed by atoms with E-state index in [0.29, 0.717) is 5.69 Å². The van der Waals surface area contributed by atoms with Crippen LogP contribution in [0.2, 0.25) is 0 Å². The van der Waals surface area contributed by atoms with Gasteiger partial charge in [-0.15, -0.1) is 16.4 Å². The molecule has 0 amide bonds. The number of nitrogens with zero attached hydrogens (tertiary/aromatic N) is 3. The number of halogens is 1. The molecule has 3 aromatic heterocycles.